The first-order valence-electron chi connectivity index (χ1n) is 7.59. The normalized spacial score (nSPS) is 26.1. The van der Waals surface area contributed by atoms with E-state index in [9.17, 15) is 0 Å². The molecule has 2 unspecified atom stereocenters. The van der Waals surface area contributed by atoms with Crippen molar-refractivity contribution in [2.75, 3.05) is 6.16 Å². The van der Waals surface area contributed by atoms with E-state index in [1.54, 1.807) is 10.9 Å². The van der Waals surface area contributed by atoms with E-state index in [-0.39, 0.29) is 32.7 Å². The molecule has 0 fully saturated rings. The van der Waals surface area contributed by atoms with Gasteiger partial charge in [-0.3, -0.25) is 0 Å². The predicted octanol–water partition coefficient (Wildman–Crippen LogP) is -0.576. The van der Waals surface area contributed by atoms with Gasteiger partial charge in [-0.2, -0.15) is 0 Å². The maximum atomic E-state index is 2.62. The summed E-state index contributed by atoms with van der Waals surface area (Å²) in [7, 11) is 0.0182. The number of hydrogen-bond acceptors (Lipinski definition) is 0. The maximum Gasteiger partial charge on any atom is -1.00 e. The molecule has 0 saturated carbocycles. The van der Waals surface area contributed by atoms with Crippen LogP contribution < -0.4 is 24.8 Å². The van der Waals surface area contributed by atoms with Gasteiger partial charge in [0.05, 0.1) is 0 Å². The molecule has 0 amide bonds. The standard InChI is InChI=1S/C18H19P.2ClH.Zr/c1-2-3-14-19(16-9-5-6-10-16)18-13-12-15-8-4-7-11-17(15)18;;;/h4-5,7-9,11-13H,2-3,6,14H2,1H3;2*1H;/q;;;+2/p-2. The molecule has 3 aliphatic rings. The first-order valence-corrected chi connectivity index (χ1v) is 11.6. The van der Waals surface area contributed by atoms with Crippen LogP contribution in [0.2, 0.25) is 0 Å². The molecule has 114 valence electrons. The summed E-state index contributed by atoms with van der Waals surface area (Å²) in [4.78, 5) is 0. The summed E-state index contributed by atoms with van der Waals surface area (Å²) in [5.41, 5.74) is 3.18. The average Bonchev–Trinajstić information content (AvgIpc) is 3.13. The number of halogens is 2. The fourth-order valence-corrected chi connectivity index (χ4v) is 15.1. The van der Waals surface area contributed by atoms with Crippen LogP contribution in [0.3, 0.4) is 0 Å². The van der Waals surface area contributed by atoms with Crippen LogP contribution in [-0.4, -0.2) is 6.16 Å². The zero-order chi connectivity index (χ0) is 13.6. The maximum absolute atomic E-state index is 2.62. The first-order chi connectivity index (χ1) is 9.85. The van der Waals surface area contributed by atoms with Gasteiger partial charge in [-0.15, -0.1) is 0 Å². The van der Waals surface area contributed by atoms with Gasteiger partial charge in [0.1, 0.15) is 0 Å². The van der Waals surface area contributed by atoms with Gasteiger partial charge in [0.15, 0.2) is 0 Å². The summed E-state index contributed by atoms with van der Waals surface area (Å²) in [6.45, 7) is 2.33. The molecule has 0 aromatic heterocycles. The summed E-state index contributed by atoms with van der Waals surface area (Å²) in [6, 6.07) is 9.17. The van der Waals surface area contributed by atoms with Crippen LogP contribution in [0.15, 0.2) is 51.1 Å². The summed E-state index contributed by atoms with van der Waals surface area (Å²) in [6.07, 6.45) is 15.4. The van der Waals surface area contributed by atoms with E-state index >= 15 is 0 Å². The molecule has 0 N–H and O–H groups in total. The Bertz CT molecular complexity index is 650. The van der Waals surface area contributed by atoms with Crippen molar-refractivity contribution in [2.45, 2.75) is 29.1 Å². The Hall–Kier alpha value is 0.333. The summed E-state index contributed by atoms with van der Waals surface area (Å²) >= 11 is -0.510. The quantitative estimate of drug-likeness (QED) is 0.566. The van der Waals surface area contributed by atoms with E-state index in [2.05, 4.69) is 55.5 Å². The molecule has 1 aliphatic heterocycles. The fourth-order valence-electron chi connectivity index (χ4n) is 3.60. The Kier molecular flexibility index (Phi) is 6.35. The minimum Gasteiger partial charge on any atom is -1.00 e. The Labute approximate surface area is 158 Å². The minimum absolute atomic E-state index is 0. The van der Waals surface area contributed by atoms with Crippen LogP contribution in [0, 0.1) is 0 Å². The SMILES string of the molecule is CCCCP1C2=[C](CC=C2)[Zr+2][C]12C=Cc1ccccc12.[Cl-].[Cl-]. The monoisotopic (exact) mass is 426 g/mol. The van der Waals surface area contributed by atoms with Gasteiger partial charge < -0.3 is 24.8 Å². The van der Waals surface area contributed by atoms with Gasteiger partial charge in [-0.25, -0.2) is 0 Å². The summed E-state index contributed by atoms with van der Waals surface area (Å²) in [5.74, 6) is 0. The number of rotatable bonds is 3. The molecule has 1 aromatic carbocycles. The molecule has 1 spiro atoms. The molecule has 1 aromatic rings. The van der Waals surface area contributed by atoms with Gasteiger partial charge in [0.25, 0.3) is 0 Å². The number of hydrogen-bond donors (Lipinski definition) is 0. The Morgan fingerprint density at radius 2 is 2.00 bits per heavy atom. The number of benzene rings is 1. The molecule has 4 heteroatoms. The van der Waals surface area contributed by atoms with Crippen molar-refractivity contribution in [3.8, 4) is 0 Å². The van der Waals surface area contributed by atoms with Gasteiger partial charge in [-0.1, -0.05) is 0 Å². The van der Waals surface area contributed by atoms with Gasteiger partial charge in [-0.05, 0) is 0 Å². The van der Waals surface area contributed by atoms with Gasteiger partial charge in [0, 0.05) is 0 Å². The van der Waals surface area contributed by atoms with Crippen molar-refractivity contribution < 1.29 is 48.0 Å². The first kappa shape index (κ1) is 18.7. The number of allylic oxidation sites excluding steroid dienone is 5. The minimum atomic E-state index is -0.510. The number of fused-ring (bicyclic) bond motifs is 2. The molecule has 0 saturated heterocycles. The third kappa shape index (κ3) is 2.77. The molecule has 22 heavy (non-hydrogen) atoms. The predicted molar refractivity (Wildman–Crippen MR) is 84.6 cm³/mol. The van der Waals surface area contributed by atoms with Crippen molar-refractivity contribution in [1.29, 1.82) is 0 Å². The Morgan fingerprint density at radius 1 is 1.18 bits per heavy atom. The van der Waals surface area contributed by atoms with Crippen molar-refractivity contribution in [1.82, 2.24) is 0 Å². The van der Waals surface area contributed by atoms with E-state index in [1.165, 1.54) is 31.0 Å². The summed E-state index contributed by atoms with van der Waals surface area (Å²) in [5, 5.41) is 1.81. The molecule has 2 aliphatic carbocycles. The molecular weight excluding hydrogens is 409 g/mol. The van der Waals surface area contributed by atoms with E-state index in [1.807, 2.05) is 3.28 Å². The van der Waals surface area contributed by atoms with Crippen molar-refractivity contribution in [2.24, 2.45) is 0 Å². The molecule has 0 nitrogen and oxygen atoms in total. The average molecular weight is 428 g/mol. The molecule has 0 bridgehead atoms. The van der Waals surface area contributed by atoms with E-state index in [4.69, 9.17) is 0 Å². The van der Waals surface area contributed by atoms with Crippen molar-refractivity contribution >= 4 is 14.0 Å². The van der Waals surface area contributed by atoms with Crippen molar-refractivity contribution in [3.05, 3.63) is 62.2 Å². The Morgan fingerprint density at radius 3 is 2.82 bits per heavy atom. The van der Waals surface area contributed by atoms with Crippen LogP contribution in [0.1, 0.15) is 37.3 Å². The second-order valence-corrected chi connectivity index (χ2v) is 13.3. The van der Waals surface area contributed by atoms with Crippen LogP contribution in [-0.2, 0) is 26.1 Å². The molecule has 2 atom stereocenters. The zero-order valence-corrected chi connectivity index (χ0v) is 17.5. The Balaban J connectivity index is 0.000000882. The van der Waals surface area contributed by atoms with Crippen LogP contribution in [0.5, 0.6) is 0 Å². The second kappa shape index (κ2) is 7.48. The molecule has 1 heterocycles. The second-order valence-electron chi connectivity index (χ2n) is 5.79. The third-order valence-electron chi connectivity index (χ3n) is 4.58. The van der Waals surface area contributed by atoms with Crippen LogP contribution in [0.4, 0.5) is 0 Å². The zero-order valence-electron chi connectivity index (χ0n) is 12.7. The van der Waals surface area contributed by atoms with E-state index < -0.39 is 23.2 Å². The largest absolute Gasteiger partial charge is 1.00 e. The van der Waals surface area contributed by atoms with E-state index in [0.29, 0.717) is 2.86 Å². The molecular formula is C18H19Cl2PZr. The summed E-state index contributed by atoms with van der Waals surface area (Å²) < 4.78 is 2.41. The van der Waals surface area contributed by atoms with Gasteiger partial charge >= 0.3 is 135 Å². The van der Waals surface area contributed by atoms with E-state index in [0.717, 1.165) is 0 Å². The topological polar surface area (TPSA) is 0 Å². The third-order valence-corrected chi connectivity index (χ3v) is 14.7. The molecule has 4 rings (SSSR count). The molecule has 0 radical (unpaired) electrons. The van der Waals surface area contributed by atoms with Crippen molar-refractivity contribution in [3.63, 3.8) is 0 Å². The smallest absolute Gasteiger partial charge is 1.00 e. The van der Waals surface area contributed by atoms with Crippen LogP contribution in [0.25, 0.3) is 6.08 Å². The van der Waals surface area contributed by atoms with Crippen LogP contribution >= 0.6 is 7.92 Å². The number of unbranched alkanes of at least 4 members (excludes halogenated alkanes) is 1. The van der Waals surface area contributed by atoms with Gasteiger partial charge in [0.2, 0.25) is 0 Å². The fraction of sp³-hybridized carbons (Fsp3) is 0.333.